The third-order valence-electron chi connectivity index (χ3n) is 4.16. The number of carbonyl (C=O) groups excluding carboxylic acids is 2. The van der Waals surface area contributed by atoms with Crippen molar-refractivity contribution in [2.24, 2.45) is 5.41 Å². The molecule has 0 bridgehead atoms. The van der Waals surface area contributed by atoms with Crippen LogP contribution >= 0.6 is 0 Å². The van der Waals surface area contributed by atoms with E-state index in [-0.39, 0.29) is 11.9 Å². The molecule has 7 heteroatoms. The fourth-order valence-electron chi connectivity index (χ4n) is 3.01. The summed E-state index contributed by atoms with van der Waals surface area (Å²) in [5.74, 6) is 0.108. The molecule has 1 aromatic heterocycles. The number of ketones is 1. The highest BCUT2D eigenvalue weighted by molar-refractivity contribution is 6.00. The van der Waals surface area contributed by atoms with Crippen LogP contribution in [-0.4, -0.2) is 50.5 Å². The summed E-state index contributed by atoms with van der Waals surface area (Å²) in [7, 11) is 0. The normalized spacial score (nSPS) is 20.7. The number of rotatable bonds is 0. The number of nitrogens with zero attached hydrogens (tertiary/aromatic N) is 4. The number of ether oxygens (including phenoxy) is 1. The number of hydrogen-bond acceptors (Lipinski definition) is 5. The van der Waals surface area contributed by atoms with Gasteiger partial charge in [-0.3, -0.25) is 4.79 Å². The molecule has 3 rings (SSSR count). The van der Waals surface area contributed by atoms with Crippen LogP contribution in [0.1, 0.15) is 44.1 Å². The standard InChI is InChI=1S/C14H20N4O3/c1-13(2,3)21-12(20)17-6-4-14(5-7-17)9-18-10(11(14)19)8-15-16-18/h8H,4-7,9H2,1-3H3. The number of amides is 1. The average molecular weight is 292 g/mol. The summed E-state index contributed by atoms with van der Waals surface area (Å²) < 4.78 is 7.05. The van der Waals surface area contributed by atoms with E-state index in [1.54, 1.807) is 9.58 Å². The molecule has 1 saturated heterocycles. The van der Waals surface area contributed by atoms with Crippen LogP contribution in [0.15, 0.2) is 6.20 Å². The van der Waals surface area contributed by atoms with Gasteiger partial charge in [0, 0.05) is 13.1 Å². The number of piperidine rings is 1. The molecule has 2 aliphatic heterocycles. The Morgan fingerprint density at radius 1 is 1.33 bits per heavy atom. The van der Waals surface area contributed by atoms with E-state index in [0.29, 0.717) is 38.2 Å². The Hall–Kier alpha value is -1.92. The summed E-state index contributed by atoms with van der Waals surface area (Å²) in [5, 5.41) is 7.70. The maximum atomic E-state index is 12.5. The number of aromatic nitrogens is 3. The predicted molar refractivity (Wildman–Crippen MR) is 73.8 cm³/mol. The topological polar surface area (TPSA) is 77.3 Å². The van der Waals surface area contributed by atoms with Crippen molar-refractivity contribution in [3.63, 3.8) is 0 Å². The summed E-state index contributed by atoms with van der Waals surface area (Å²) in [5.41, 5.74) is -0.326. The van der Waals surface area contributed by atoms with Gasteiger partial charge in [0.2, 0.25) is 0 Å². The molecule has 0 aliphatic carbocycles. The van der Waals surface area contributed by atoms with Crippen molar-refractivity contribution in [1.82, 2.24) is 19.9 Å². The Balaban J connectivity index is 1.65. The fraction of sp³-hybridized carbons (Fsp3) is 0.714. The van der Waals surface area contributed by atoms with E-state index in [1.807, 2.05) is 20.8 Å². The lowest BCUT2D eigenvalue weighted by molar-refractivity contribution is 0.0102. The van der Waals surface area contributed by atoms with E-state index < -0.39 is 11.0 Å². The first kappa shape index (κ1) is 14.0. The number of fused-ring (bicyclic) bond motifs is 1. The van der Waals surface area contributed by atoms with E-state index in [4.69, 9.17) is 4.74 Å². The Morgan fingerprint density at radius 2 is 2.00 bits per heavy atom. The number of likely N-dealkylation sites (tertiary alicyclic amines) is 1. The highest BCUT2D eigenvalue weighted by atomic mass is 16.6. The Kier molecular flexibility index (Phi) is 3.04. The number of hydrogen-bond donors (Lipinski definition) is 0. The summed E-state index contributed by atoms with van der Waals surface area (Å²) in [6.07, 6.45) is 2.52. The molecule has 3 heterocycles. The lowest BCUT2D eigenvalue weighted by Gasteiger charge is -2.37. The van der Waals surface area contributed by atoms with Crippen LogP contribution < -0.4 is 0 Å². The quantitative estimate of drug-likeness (QED) is 0.724. The smallest absolute Gasteiger partial charge is 0.410 e. The van der Waals surface area contributed by atoms with E-state index in [1.165, 1.54) is 6.20 Å². The lowest BCUT2D eigenvalue weighted by atomic mass is 9.76. The van der Waals surface area contributed by atoms with E-state index in [9.17, 15) is 9.59 Å². The molecule has 0 N–H and O–H groups in total. The van der Waals surface area contributed by atoms with Gasteiger partial charge in [0.25, 0.3) is 0 Å². The molecular formula is C14H20N4O3. The zero-order valence-corrected chi connectivity index (χ0v) is 12.6. The molecule has 1 aromatic rings. The van der Waals surface area contributed by atoms with E-state index >= 15 is 0 Å². The molecular weight excluding hydrogens is 272 g/mol. The largest absolute Gasteiger partial charge is 0.444 e. The van der Waals surface area contributed by atoms with Crippen molar-refractivity contribution < 1.29 is 14.3 Å². The minimum Gasteiger partial charge on any atom is -0.444 e. The van der Waals surface area contributed by atoms with Crippen LogP contribution in [0.25, 0.3) is 0 Å². The van der Waals surface area contributed by atoms with Crippen molar-refractivity contribution in [1.29, 1.82) is 0 Å². The zero-order chi connectivity index (χ0) is 15.3. The maximum absolute atomic E-state index is 12.5. The van der Waals surface area contributed by atoms with Gasteiger partial charge >= 0.3 is 6.09 Å². The molecule has 1 spiro atoms. The van der Waals surface area contributed by atoms with Gasteiger partial charge in [-0.15, -0.1) is 5.10 Å². The first-order chi connectivity index (χ1) is 9.81. The van der Waals surface area contributed by atoms with Crippen LogP contribution in [0.5, 0.6) is 0 Å². The Labute approximate surface area is 123 Å². The third kappa shape index (κ3) is 2.41. The van der Waals surface area contributed by atoms with Crippen molar-refractivity contribution in [2.75, 3.05) is 13.1 Å². The van der Waals surface area contributed by atoms with Crippen LogP contribution in [0, 0.1) is 5.41 Å². The molecule has 114 valence electrons. The first-order valence-corrected chi connectivity index (χ1v) is 7.22. The van der Waals surface area contributed by atoms with Crippen LogP contribution in [0.3, 0.4) is 0 Å². The molecule has 0 atom stereocenters. The van der Waals surface area contributed by atoms with Crippen LogP contribution in [0.4, 0.5) is 4.79 Å². The van der Waals surface area contributed by atoms with Gasteiger partial charge in [-0.1, -0.05) is 5.21 Å². The molecule has 1 amide bonds. The van der Waals surface area contributed by atoms with Gasteiger partial charge < -0.3 is 9.64 Å². The van der Waals surface area contributed by atoms with Gasteiger partial charge in [0.05, 0.1) is 18.2 Å². The van der Waals surface area contributed by atoms with Crippen molar-refractivity contribution in [2.45, 2.75) is 45.8 Å². The maximum Gasteiger partial charge on any atom is 0.410 e. The summed E-state index contributed by atoms with van der Waals surface area (Å²) in [6, 6.07) is 0. The summed E-state index contributed by atoms with van der Waals surface area (Å²) >= 11 is 0. The third-order valence-corrected chi connectivity index (χ3v) is 4.16. The second-order valence-corrected chi connectivity index (χ2v) is 6.85. The van der Waals surface area contributed by atoms with Gasteiger partial charge in [0.1, 0.15) is 11.3 Å². The van der Waals surface area contributed by atoms with Crippen molar-refractivity contribution >= 4 is 11.9 Å². The van der Waals surface area contributed by atoms with E-state index in [2.05, 4.69) is 10.3 Å². The first-order valence-electron chi connectivity index (χ1n) is 7.22. The lowest BCUT2D eigenvalue weighted by Crippen LogP contribution is -2.47. The molecule has 1 fully saturated rings. The van der Waals surface area contributed by atoms with Crippen molar-refractivity contribution in [3.8, 4) is 0 Å². The van der Waals surface area contributed by atoms with Gasteiger partial charge in [0.15, 0.2) is 5.78 Å². The number of carbonyl (C=O) groups is 2. The van der Waals surface area contributed by atoms with Gasteiger partial charge in [-0.2, -0.15) is 0 Å². The minimum absolute atomic E-state index is 0.108. The average Bonchev–Trinajstić information content (AvgIpc) is 2.92. The highest BCUT2D eigenvalue weighted by Crippen LogP contribution is 2.40. The highest BCUT2D eigenvalue weighted by Gasteiger charge is 2.49. The second-order valence-electron chi connectivity index (χ2n) is 6.85. The Bertz CT molecular complexity index is 579. The molecule has 7 nitrogen and oxygen atoms in total. The Morgan fingerprint density at radius 3 is 2.57 bits per heavy atom. The van der Waals surface area contributed by atoms with Crippen molar-refractivity contribution in [3.05, 3.63) is 11.9 Å². The molecule has 2 aliphatic rings. The monoisotopic (exact) mass is 292 g/mol. The van der Waals surface area contributed by atoms with Gasteiger partial charge in [-0.25, -0.2) is 9.48 Å². The fourth-order valence-corrected chi connectivity index (χ4v) is 3.01. The summed E-state index contributed by atoms with van der Waals surface area (Å²) in [4.78, 5) is 26.2. The predicted octanol–water partition coefficient (Wildman–Crippen LogP) is 1.49. The molecule has 0 saturated carbocycles. The molecule has 0 radical (unpaired) electrons. The SMILES string of the molecule is CC(C)(C)OC(=O)N1CCC2(CC1)Cn1nncc1C2=O. The molecule has 0 unspecified atom stereocenters. The summed E-state index contributed by atoms with van der Waals surface area (Å²) in [6.45, 7) is 7.20. The van der Waals surface area contributed by atoms with Crippen LogP contribution in [-0.2, 0) is 11.3 Å². The second kappa shape index (κ2) is 4.54. The minimum atomic E-state index is -0.497. The van der Waals surface area contributed by atoms with E-state index in [0.717, 1.165) is 0 Å². The zero-order valence-electron chi connectivity index (χ0n) is 12.6. The van der Waals surface area contributed by atoms with Gasteiger partial charge in [-0.05, 0) is 33.6 Å². The van der Waals surface area contributed by atoms with Crippen LogP contribution in [0.2, 0.25) is 0 Å². The molecule has 0 aromatic carbocycles. The number of Topliss-reactive ketones (excluding diaryl/α,β-unsaturated/α-hetero) is 1. The molecule has 21 heavy (non-hydrogen) atoms.